The van der Waals surface area contributed by atoms with E-state index in [-0.39, 0.29) is 36.5 Å². The first-order valence-corrected chi connectivity index (χ1v) is 12.3. The van der Waals surface area contributed by atoms with Gasteiger partial charge in [0.05, 0.1) is 36.6 Å². The summed E-state index contributed by atoms with van der Waals surface area (Å²) in [5.74, 6) is 0.171. The second-order valence-electron chi connectivity index (χ2n) is 9.80. The number of carbonyl (C=O) groups excluding carboxylic acids is 2. The molecule has 2 fully saturated rings. The fraction of sp³-hybridized carbons (Fsp3) is 0.560. The number of nitrogens with zero attached hydrogens (tertiary/aromatic N) is 3. The van der Waals surface area contributed by atoms with E-state index in [2.05, 4.69) is 15.7 Å². The van der Waals surface area contributed by atoms with Gasteiger partial charge in [0.1, 0.15) is 11.9 Å². The molecule has 3 aliphatic rings. The number of likely N-dealkylation sites (N-methyl/N-ethyl adjacent to an activating group) is 1. The number of likely N-dealkylation sites (tertiary alicyclic amines) is 1. The molecule has 5 atom stereocenters. The van der Waals surface area contributed by atoms with E-state index in [4.69, 9.17) is 9.47 Å². The third kappa shape index (κ3) is 5.19. The SMILES string of the molecule is CN1C[C@@H]2C[C@H]1C(=O)NC[C@H]1O[C@H](CCOc3cc(-c4cnn(C)c4)ccc3C(=O)N2)CC[C@@H]1O. The minimum Gasteiger partial charge on any atom is -0.493 e. The zero-order chi connectivity index (χ0) is 24.5. The Morgan fingerprint density at radius 1 is 1.14 bits per heavy atom. The molecule has 5 rings (SSSR count). The van der Waals surface area contributed by atoms with Gasteiger partial charge in [-0.05, 0) is 44.0 Å². The van der Waals surface area contributed by atoms with Gasteiger partial charge in [0.15, 0.2) is 0 Å². The van der Waals surface area contributed by atoms with Gasteiger partial charge in [0.25, 0.3) is 5.91 Å². The number of amides is 2. The molecule has 35 heavy (non-hydrogen) atoms. The van der Waals surface area contributed by atoms with Crippen molar-refractivity contribution in [2.24, 2.45) is 7.05 Å². The number of benzene rings is 1. The predicted octanol–water partition coefficient (Wildman–Crippen LogP) is 0.697. The van der Waals surface area contributed by atoms with Crippen molar-refractivity contribution in [1.29, 1.82) is 0 Å². The van der Waals surface area contributed by atoms with Crippen molar-refractivity contribution < 1.29 is 24.2 Å². The maximum absolute atomic E-state index is 13.3. The van der Waals surface area contributed by atoms with Gasteiger partial charge in [-0.15, -0.1) is 0 Å². The van der Waals surface area contributed by atoms with Crippen LogP contribution < -0.4 is 15.4 Å². The molecular weight excluding hydrogens is 450 g/mol. The number of rotatable bonds is 1. The highest BCUT2D eigenvalue weighted by Gasteiger charge is 2.37. The summed E-state index contributed by atoms with van der Waals surface area (Å²) >= 11 is 0. The van der Waals surface area contributed by atoms with E-state index in [1.807, 2.05) is 37.3 Å². The minimum absolute atomic E-state index is 0.0921. The normalized spacial score (nSPS) is 30.2. The Kier molecular flexibility index (Phi) is 6.77. The number of hydrogen-bond donors (Lipinski definition) is 3. The third-order valence-electron chi connectivity index (χ3n) is 7.21. The van der Waals surface area contributed by atoms with Crippen LogP contribution in [0.5, 0.6) is 5.75 Å². The fourth-order valence-corrected chi connectivity index (χ4v) is 5.22. The Bertz CT molecular complexity index is 1090. The van der Waals surface area contributed by atoms with E-state index < -0.39 is 12.2 Å². The number of nitrogens with one attached hydrogen (secondary N) is 2. The van der Waals surface area contributed by atoms with E-state index in [0.29, 0.717) is 50.1 Å². The average molecular weight is 484 g/mol. The second kappa shape index (κ2) is 9.96. The molecular formula is C25H33N5O5. The van der Waals surface area contributed by atoms with Crippen molar-refractivity contribution in [2.45, 2.75) is 56.1 Å². The van der Waals surface area contributed by atoms with Crippen LogP contribution in [0.15, 0.2) is 30.6 Å². The lowest BCUT2D eigenvalue weighted by Crippen LogP contribution is -2.49. The number of fused-ring (bicyclic) bond motifs is 5. The van der Waals surface area contributed by atoms with Crippen molar-refractivity contribution in [1.82, 2.24) is 25.3 Å². The highest BCUT2D eigenvalue weighted by Crippen LogP contribution is 2.29. The van der Waals surface area contributed by atoms with E-state index in [1.165, 1.54) is 0 Å². The molecule has 0 saturated carbocycles. The van der Waals surface area contributed by atoms with Gasteiger partial charge in [0, 0.05) is 44.4 Å². The van der Waals surface area contributed by atoms with Crippen LogP contribution in [0.4, 0.5) is 0 Å². The Hall–Kier alpha value is -2.95. The summed E-state index contributed by atoms with van der Waals surface area (Å²) in [6.45, 7) is 1.19. The summed E-state index contributed by atoms with van der Waals surface area (Å²) in [7, 11) is 3.74. The molecule has 1 aromatic heterocycles. The summed E-state index contributed by atoms with van der Waals surface area (Å²) in [5, 5.41) is 20.7. The summed E-state index contributed by atoms with van der Waals surface area (Å²) in [5.41, 5.74) is 2.30. The zero-order valence-electron chi connectivity index (χ0n) is 20.1. The van der Waals surface area contributed by atoms with Gasteiger partial charge >= 0.3 is 0 Å². The van der Waals surface area contributed by atoms with Gasteiger partial charge in [-0.1, -0.05) is 6.07 Å². The van der Waals surface area contributed by atoms with Crippen molar-refractivity contribution in [2.75, 3.05) is 26.7 Å². The maximum atomic E-state index is 13.3. The van der Waals surface area contributed by atoms with Crippen LogP contribution in [-0.2, 0) is 16.6 Å². The standard InChI is InChI=1S/C25H33N5O5/c1-29-14-17-10-20(29)25(33)26-12-23-21(31)6-4-18(35-23)7-8-34-22-9-15(16-11-27-30(2)13-16)3-5-19(22)24(32)28-17/h3,5,9,11,13,17-18,20-21,23,31H,4,6-8,10,12,14H2,1-2H3,(H,26,33)(H,28,32)/t17-,18-,20-,21-,23+/m0/s1. The molecule has 0 aliphatic carbocycles. The fourth-order valence-electron chi connectivity index (χ4n) is 5.22. The maximum Gasteiger partial charge on any atom is 0.255 e. The molecule has 0 spiro atoms. The van der Waals surface area contributed by atoms with Gasteiger partial charge in [0.2, 0.25) is 5.91 Å². The number of ether oxygens (including phenoxy) is 2. The molecule has 0 radical (unpaired) electrons. The van der Waals surface area contributed by atoms with Gasteiger partial charge in [-0.2, -0.15) is 5.10 Å². The number of hydrogen-bond acceptors (Lipinski definition) is 7. The molecule has 1 aromatic carbocycles. The number of aliphatic hydroxyl groups is 1. The number of aliphatic hydroxyl groups excluding tert-OH is 1. The molecule has 2 amide bonds. The first-order chi connectivity index (χ1) is 16.9. The average Bonchev–Trinajstić information content (AvgIpc) is 3.43. The second-order valence-corrected chi connectivity index (χ2v) is 9.80. The summed E-state index contributed by atoms with van der Waals surface area (Å²) in [4.78, 5) is 28.1. The zero-order valence-corrected chi connectivity index (χ0v) is 20.1. The van der Waals surface area contributed by atoms with Crippen molar-refractivity contribution in [3.63, 3.8) is 0 Å². The number of carbonyl (C=O) groups is 2. The van der Waals surface area contributed by atoms with Crippen molar-refractivity contribution in [3.05, 3.63) is 36.2 Å². The number of aryl methyl sites for hydroxylation is 1. The molecule has 3 aliphatic heterocycles. The Morgan fingerprint density at radius 3 is 2.80 bits per heavy atom. The van der Waals surface area contributed by atoms with E-state index in [0.717, 1.165) is 11.1 Å². The molecule has 2 saturated heterocycles. The summed E-state index contributed by atoms with van der Waals surface area (Å²) in [6, 6.07) is 5.03. The van der Waals surface area contributed by atoms with Crippen molar-refractivity contribution in [3.8, 4) is 16.9 Å². The smallest absolute Gasteiger partial charge is 0.255 e. The van der Waals surface area contributed by atoms with E-state index >= 15 is 0 Å². The van der Waals surface area contributed by atoms with Crippen LogP contribution >= 0.6 is 0 Å². The van der Waals surface area contributed by atoms with E-state index in [1.54, 1.807) is 16.9 Å². The van der Waals surface area contributed by atoms with Gasteiger partial charge < -0.3 is 25.2 Å². The van der Waals surface area contributed by atoms with Crippen LogP contribution in [-0.4, -0.2) is 88.7 Å². The van der Waals surface area contributed by atoms with Crippen LogP contribution in [0.3, 0.4) is 0 Å². The monoisotopic (exact) mass is 483 g/mol. The van der Waals surface area contributed by atoms with Gasteiger partial charge in [-0.3, -0.25) is 19.2 Å². The first kappa shape index (κ1) is 23.8. The topological polar surface area (TPSA) is 118 Å². The molecule has 10 nitrogen and oxygen atoms in total. The third-order valence-corrected chi connectivity index (χ3v) is 7.21. The molecule has 2 aromatic rings. The Labute approximate surface area is 204 Å². The highest BCUT2D eigenvalue weighted by atomic mass is 16.5. The predicted molar refractivity (Wildman–Crippen MR) is 128 cm³/mol. The molecule has 188 valence electrons. The lowest BCUT2D eigenvalue weighted by atomic mass is 9.99. The Balaban J connectivity index is 1.43. The Morgan fingerprint density at radius 2 is 2.00 bits per heavy atom. The lowest BCUT2D eigenvalue weighted by Gasteiger charge is -2.34. The molecule has 4 bridgehead atoms. The van der Waals surface area contributed by atoms with Crippen LogP contribution in [0.25, 0.3) is 11.1 Å². The van der Waals surface area contributed by atoms with Crippen LogP contribution in [0, 0.1) is 0 Å². The molecule has 4 heterocycles. The molecule has 0 unspecified atom stereocenters. The van der Waals surface area contributed by atoms with Gasteiger partial charge in [-0.25, -0.2) is 0 Å². The minimum atomic E-state index is -0.609. The highest BCUT2D eigenvalue weighted by molar-refractivity contribution is 5.98. The van der Waals surface area contributed by atoms with E-state index in [9.17, 15) is 14.7 Å². The first-order valence-electron chi connectivity index (χ1n) is 12.3. The molecule has 3 N–H and O–H groups in total. The summed E-state index contributed by atoms with van der Waals surface area (Å²) < 4.78 is 14.0. The van der Waals surface area contributed by atoms with Crippen molar-refractivity contribution >= 4 is 11.8 Å². The number of aromatic nitrogens is 2. The quantitative estimate of drug-likeness (QED) is 0.546. The largest absolute Gasteiger partial charge is 0.493 e. The lowest BCUT2D eigenvalue weighted by molar-refractivity contribution is -0.133. The summed E-state index contributed by atoms with van der Waals surface area (Å²) in [6.07, 6.45) is 4.99. The van der Waals surface area contributed by atoms with Crippen LogP contribution in [0.1, 0.15) is 36.0 Å². The molecule has 10 heteroatoms. The van der Waals surface area contributed by atoms with Crippen LogP contribution in [0.2, 0.25) is 0 Å².